The van der Waals surface area contributed by atoms with E-state index >= 15 is 0 Å². The Hall–Kier alpha value is -2.92. The zero-order valence-electron chi connectivity index (χ0n) is 13.8. The Morgan fingerprint density at radius 2 is 1.56 bits per heavy atom. The standard InChI is InChI=1S/C16H15N.C4H4O4/c1-16-13-8-4-2-6-11(13)10-15(17-16)12-7-3-5-9-14(12)16;5-3(6)1-2-4(7)8/h2-9,15,17H,10H2,1H3;1-2H,(H,5,6)(H,7,8)/b;2-1+/t15-,16+;/m1./s1. The normalized spacial score (nSPS) is 22.5. The fraction of sp³-hybridized carbons (Fsp3) is 0.200. The lowest BCUT2D eigenvalue weighted by molar-refractivity contribution is -0.134. The first-order valence-corrected chi connectivity index (χ1v) is 8.01. The van der Waals surface area contributed by atoms with Gasteiger partial charge < -0.3 is 10.2 Å². The van der Waals surface area contributed by atoms with Crippen LogP contribution in [0.1, 0.15) is 35.2 Å². The molecular weight excluding hydrogens is 318 g/mol. The molecule has 2 heterocycles. The SMILES string of the molecule is C[C@]12N[C@H](Cc3ccccc31)c1ccccc12.O=C(O)/C=C/C(=O)O. The molecule has 0 saturated carbocycles. The summed E-state index contributed by atoms with van der Waals surface area (Å²) in [6.45, 7) is 2.31. The highest BCUT2D eigenvalue weighted by Crippen LogP contribution is 2.47. The van der Waals surface area contributed by atoms with Crippen molar-refractivity contribution in [2.75, 3.05) is 0 Å². The lowest BCUT2D eigenvalue weighted by Crippen LogP contribution is -2.41. The molecule has 0 aliphatic carbocycles. The molecule has 2 aliphatic heterocycles. The van der Waals surface area contributed by atoms with Crippen LogP contribution in [-0.4, -0.2) is 22.2 Å². The third kappa shape index (κ3) is 3.19. The molecule has 0 saturated heterocycles. The van der Waals surface area contributed by atoms with Crippen LogP contribution in [0, 0.1) is 0 Å². The predicted molar refractivity (Wildman–Crippen MR) is 93.3 cm³/mol. The molecule has 5 heteroatoms. The average Bonchev–Trinajstić information content (AvgIpc) is 2.83. The van der Waals surface area contributed by atoms with Gasteiger partial charge in [0.15, 0.2) is 0 Å². The molecule has 128 valence electrons. The van der Waals surface area contributed by atoms with Gasteiger partial charge in [0.2, 0.25) is 0 Å². The van der Waals surface area contributed by atoms with Crippen LogP contribution in [0.5, 0.6) is 0 Å². The number of fused-ring (bicyclic) bond motifs is 7. The molecule has 5 nitrogen and oxygen atoms in total. The van der Waals surface area contributed by atoms with Gasteiger partial charge in [0.1, 0.15) is 0 Å². The van der Waals surface area contributed by atoms with Crippen molar-refractivity contribution in [2.45, 2.75) is 24.9 Å². The van der Waals surface area contributed by atoms with E-state index in [1.807, 2.05) is 0 Å². The van der Waals surface area contributed by atoms with Crippen LogP contribution in [0.25, 0.3) is 0 Å². The summed E-state index contributed by atoms with van der Waals surface area (Å²) in [5, 5.41) is 19.4. The zero-order chi connectivity index (χ0) is 18.0. The van der Waals surface area contributed by atoms with Crippen molar-refractivity contribution in [3.05, 3.63) is 82.9 Å². The summed E-state index contributed by atoms with van der Waals surface area (Å²) >= 11 is 0. The topological polar surface area (TPSA) is 86.6 Å². The molecule has 2 bridgehead atoms. The molecule has 25 heavy (non-hydrogen) atoms. The Morgan fingerprint density at radius 1 is 1.00 bits per heavy atom. The third-order valence-corrected chi connectivity index (χ3v) is 4.69. The summed E-state index contributed by atoms with van der Waals surface area (Å²) in [5.74, 6) is -2.51. The number of carboxylic acids is 2. The van der Waals surface area contributed by atoms with Gasteiger partial charge in [-0.25, -0.2) is 9.59 Å². The lowest BCUT2D eigenvalue weighted by atomic mass is 9.82. The van der Waals surface area contributed by atoms with Crippen molar-refractivity contribution < 1.29 is 19.8 Å². The fourth-order valence-corrected chi connectivity index (χ4v) is 3.69. The summed E-state index contributed by atoms with van der Waals surface area (Å²) in [7, 11) is 0. The second-order valence-electron chi connectivity index (χ2n) is 6.28. The number of aliphatic carboxylic acids is 2. The first-order valence-electron chi connectivity index (χ1n) is 8.01. The van der Waals surface area contributed by atoms with Crippen molar-refractivity contribution in [1.82, 2.24) is 5.32 Å². The monoisotopic (exact) mass is 337 g/mol. The van der Waals surface area contributed by atoms with Crippen LogP contribution in [0.4, 0.5) is 0 Å². The highest BCUT2D eigenvalue weighted by atomic mass is 16.4. The van der Waals surface area contributed by atoms with Gasteiger partial charge in [-0.2, -0.15) is 0 Å². The van der Waals surface area contributed by atoms with Gasteiger partial charge >= 0.3 is 11.9 Å². The Balaban J connectivity index is 0.000000197. The summed E-state index contributed by atoms with van der Waals surface area (Å²) in [4.78, 5) is 19.1. The maximum absolute atomic E-state index is 9.55. The van der Waals surface area contributed by atoms with Gasteiger partial charge in [0, 0.05) is 18.2 Å². The number of hydrogen-bond donors (Lipinski definition) is 3. The van der Waals surface area contributed by atoms with E-state index in [2.05, 4.69) is 60.8 Å². The number of benzene rings is 2. The molecule has 0 amide bonds. The second-order valence-corrected chi connectivity index (χ2v) is 6.28. The summed E-state index contributed by atoms with van der Waals surface area (Å²) < 4.78 is 0. The van der Waals surface area contributed by atoms with Crippen LogP contribution in [0.15, 0.2) is 60.7 Å². The molecule has 0 spiro atoms. The fourth-order valence-electron chi connectivity index (χ4n) is 3.69. The summed E-state index contributed by atoms with van der Waals surface area (Å²) in [5.41, 5.74) is 5.88. The van der Waals surface area contributed by atoms with Crippen molar-refractivity contribution in [1.29, 1.82) is 0 Å². The Kier molecular flexibility index (Phi) is 4.42. The molecular formula is C20H19NO4. The quantitative estimate of drug-likeness (QED) is 0.734. The molecule has 4 rings (SSSR count). The van der Waals surface area contributed by atoms with Crippen LogP contribution < -0.4 is 5.32 Å². The van der Waals surface area contributed by atoms with Gasteiger partial charge in [-0.1, -0.05) is 48.5 Å². The first kappa shape index (κ1) is 16.9. The van der Waals surface area contributed by atoms with Gasteiger partial charge in [0.25, 0.3) is 0 Å². The van der Waals surface area contributed by atoms with Crippen LogP contribution >= 0.6 is 0 Å². The maximum Gasteiger partial charge on any atom is 0.328 e. The van der Waals surface area contributed by atoms with Crippen LogP contribution in [0.2, 0.25) is 0 Å². The van der Waals surface area contributed by atoms with E-state index in [9.17, 15) is 9.59 Å². The Labute approximate surface area is 145 Å². The smallest absolute Gasteiger partial charge is 0.328 e. The maximum atomic E-state index is 9.55. The number of hydrogen-bond acceptors (Lipinski definition) is 3. The predicted octanol–water partition coefficient (Wildman–Crippen LogP) is 2.86. The Morgan fingerprint density at radius 3 is 2.20 bits per heavy atom. The second kappa shape index (κ2) is 6.53. The van der Waals surface area contributed by atoms with Crippen LogP contribution in [0.3, 0.4) is 0 Å². The minimum absolute atomic E-state index is 0.0100. The van der Waals surface area contributed by atoms with Crippen molar-refractivity contribution in [3.8, 4) is 0 Å². The molecule has 2 aliphatic rings. The molecule has 2 aromatic carbocycles. The number of carbonyl (C=O) groups is 2. The van der Waals surface area contributed by atoms with E-state index in [4.69, 9.17) is 10.2 Å². The third-order valence-electron chi connectivity index (χ3n) is 4.69. The molecule has 0 aromatic heterocycles. The van der Waals surface area contributed by atoms with Gasteiger partial charge in [-0.3, -0.25) is 5.32 Å². The first-order chi connectivity index (χ1) is 11.9. The van der Waals surface area contributed by atoms with E-state index in [0.29, 0.717) is 18.2 Å². The number of rotatable bonds is 2. The van der Waals surface area contributed by atoms with Crippen molar-refractivity contribution in [3.63, 3.8) is 0 Å². The molecule has 2 atom stereocenters. The van der Waals surface area contributed by atoms with Crippen molar-refractivity contribution >= 4 is 11.9 Å². The Bertz CT molecular complexity index is 829. The molecule has 3 N–H and O–H groups in total. The van der Waals surface area contributed by atoms with E-state index in [0.717, 1.165) is 6.42 Å². The van der Waals surface area contributed by atoms with E-state index in [1.165, 1.54) is 22.3 Å². The summed E-state index contributed by atoms with van der Waals surface area (Å²) in [6.07, 6.45) is 2.23. The minimum Gasteiger partial charge on any atom is -0.478 e. The summed E-state index contributed by atoms with van der Waals surface area (Å²) in [6, 6.07) is 18.2. The highest BCUT2D eigenvalue weighted by Gasteiger charge is 2.45. The van der Waals surface area contributed by atoms with E-state index in [1.54, 1.807) is 0 Å². The molecule has 2 aromatic rings. The van der Waals surface area contributed by atoms with E-state index in [-0.39, 0.29) is 5.54 Å². The molecule has 0 unspecified atom stereocenters. The minimum atomic E-state index is -1.26. The van der Waals surface area contributed by atoms with E-state index < -0.39 is 11.9 Å². The largest absolute Gasteiger partial charge is 0.478 e. The average molecular weight is 337 g/mol. The number of carboxylic acid groups (broad SMARTS) is 2. The van der Waals surface area contributed by atoms with Crippen molar-refractivity contribution in [2.24, 2.45) is 0 Å². The van der Waals surface area contributed by atoms with Gasteiger partial charge in [-0.05, 0) is 35.6 Å². The van der Waals surface area contributed by atoms with Gasteiger partial charge in [0.05, 0.1) is 5.54 Å². The van der Waals surface area contributed by atoms with Gasteiger partial charge in [-0.15, -0.1) is 0 Å². The molecule has 0 radical (unpaired) electrons. The lowest BCUT2D eigenvalue weighted by Gasteiger charge is -2.34. The highest BCUT2D eigenvalue weighted by molar-refractivity contribution is 5.89. The number of nitrogens with one attached hydrogen (secondary N) is 1. The van der Waals surface area contributed by atoms with Crippen LogP contribution in [-0.2, 0) is 21.5 Å². The molecule has 0 fully saturated rings. The zero-order valence-corrected chi connectivity index (χ0v) is 13.8.